The maximum atomic E-state index is 14.1. The molecule has 10 rings (SSSR count). The standard InChI is InChI=1S/C56H70N10O7/c1-5-64(44-17-28-73-29-18-44)50-32-41(31-47(38(50)4)52(68)57-34-49-36(2)30-37(3)58-53(49)69)40-6-8-42(9-7-40)62-24-26-63(27-25-62)43-14-19-60(20-15-43)35-39-12-21-61(22-13-39)45-10-11-46-48(33-45)55(71)66(54(46)70)65-23-16-51(67)59-56(65)72/h6-11,30-33,39,43-44H,5,12-29,34-35H2,1-4H3,(H,57,68)(H,58,69)(H,59,67,72). The van der Waals surface area contributed by atoms with Crippen LogP contribution >= 0.6 is 0 Å². The Bertz CT molecular complexity index is 2800. The molecule has 4 aromatic rings. The van der Waals surface area contributed by atoms with Gasteiger partial charge in [0.15, 0.2) is 0 Å². The van der Waals surface area contributed by atoms with Gasteiger partial charge in [-0.15, -0.1) is 0 Å². The molecule has 0 atom stereocenters. The number of piperazine rings is 1. The minimum Gasteiger partial charge on any atom is -0.381 e. The number of pyridine rings is 1. The number of benzene rings is 3. The maximum Gasteiger partial charge on any atom is 0.343 e. The van der Waals surface area contributed by atoms with Gasteiger partial charge in [-0.25, -0.2) is 9.80 Å². The summed E-state index contributed by atoms with van der Waals surface area (Å²) in [5, 5.41) is 7.17. The molecule has 1 aromatic heterocycles. The molecular weight excluding hydrogens is 925 g/mol. The Balaban J connectivity index is 0.712. The second kappa shape index (κ2) is 21.5. The van der Waals surface area contributed by atoms with Crippen LogP contribution in [0.25, 0.3) is 11.1 Å². The summed E-state index contributed by atoms with van der Waals surface area (Å²) in [5.41, 5.74) is 9.36. The zero-order valence-corrected chi connectivity index (χ0v) is 42.8. The fourth-order valence-corrected chi connectivity index (χ4v) is 12.2. The highest BCUT2D eigenvalue weighted by Gasteiger charge is 2.43. The molecule has 5 fully saturated rings. The summed E-state index contributed by atoms with van der Waals surface area (Å²) in [6.07, 6.45) is 6.36. The number of anilines is 3. The number of carbonyl (C=O) groups is 5. The Labute approximate surface area is 427 Å². The minimum atomic E-state index is -0.762. The van der Waals surface area contributed by atoms with Crippen molar-refractivity contribution in [2.45, 2.75) is 91.3 Å². The van der Waals surface area contributed by atoms with Gasteiger partial charge in [0.25, 0.3) is 23.3 Å². The average molecular weight is 995 g/mol. The molecule has 17 nitrogen and oxygen atoms in total. The molecule has 6 amide bonds. The van der Waals surface area contributed by atoms with E-state index in [1.165, 1.54) is 18.5 Å². The fraction of sp³-hybridized carbons (Fsp3) is 0.500. The number of hydrogen-bond donors (Lipinski definition) is 3. The normalized spacial score (nSPS) is 19.9. The first-order valence-electron chi connectivity index (χ1n) is 26.5. The molecule has 5 saturated heterocycles. The monoisotopic (exact) mass is 995 g/mol. The predicted octanol–water partition coefficient (Wildman–Crippen LogP) is 5.86. The molecule has 7 heterocycles. The Morgan fingerprint density at radius 1 is 0.726 bits per heavy atom. The van der Waals surface area contributed by atoms with E-state index in [0.717, 1.165) is 154 Å². The molecule has 3 N–H and O–H groups in total. The van der Waals surface area contributed by atoms with Gasteiger partial charge in [-0.2, -0.15) is 5.01 Å². The lowest BCUT2D eigenvalue weighted by molar-refractivity contribution is -0.122. The van der Waals surface area contributed by atoms with Gasteiger partial charge in [-0.1, -0.05) is 12.1 Å². The number of fused-ring (bicyclic) bond motifs is 1. The molecule has 0 aliphatic carbocycles. The molecule has 0 bridgehead atoms. The van der Waals surface area contributed by atoms with Gasteiger partial charge < -0.3 is 34.6 Å². The third-order valence-corrected chi connectivity index (χ3v) is 16.4. The number of ether oxygens (including phenoxy) is 1. The number of aromatic nitrogens is 1. The molecule has 0 spiro atoms. The number of likely N-dealkylation sites (tertiary alicyclic amines) is 1. The van der Waals surface area contributed by atoms with E-state index < -0.39 is 23.8 Å². The van der Waals surface area contributed by atoms with Crippen LogP contribution in [0.15, 0.2) is 65.5 Å². The van der Waals surface area contributed by atoms with Gasteiger partial charge in [0.05, 0.1) is 17.7 Å². The van der Waals surface area contributed by atoms with Crippen LogP contribution < -0.4 is 30.9 Å². The van der Waals surface area contributed by atoms with E-state index in [2.05, 4.69) is 77.4 Å². The van der Waals surface area contributed by atoms with Crippen molar-refractivity contribution in [2.24, 2.45) is 5.92 Å². The Kier molecular flexibility index (Phi) is 14.7. The number of piperidine rings is 2. The topological polar surface area (TPSA) is 174 Å². The van der Waals surface area contributed by atoms with E-state index in [4.69, 9.17) is 4.74 Å². The molecule has 6 aliphatic rings. The average Bonchev–Trinajstić information content (AvgIpc) is 3.64. The molecule has 6 aliphatic heterocycles. The van der Waals surface area contributed by atoms with Crippen LogP contribution in [-0.2, 0) is 16.1 Å². The Morgan fingerprint density at radius 3 is 2.10 bits per heavy atom. The van der Waals surface area contributed by atoms with E-state index in [1.54, 1.807) is 12.1 Å². The number of aromatic amines is 1. The summed E-state index contributed by atoms with van der Waals surface area (Å²) in [6.45, 7) is 19.4. The summed E-state index contributed by atoms with van der Waals surface area (Å²) >= 11 is 0. The van der Waals surface area contributed by atoms with Gasteiger partial charge >= 0.3 is 6.03 Å². The lowest BCUT2D eigenvalue weighted by Crippen LogP contribution is -2.58. The highest BCUT2D eigenvalue weighted by molar-refractivity contribution is 6.22. The summed E-state index contributed by atoms with van der Waals surface area (Å²) in [6, 6.07) is 20.5. The summed E-state index contributed by atoms with van der Waals surface area (Å²) in [5.74, 6) is -1.11. The summed E-state index contributed by atoms with van der Waals surface area (Å²) < 4.78 is 5.73. The predicted molar refractivity (Wildman–Crippen MR) is 281 cm³/mol. The van der Waals surface area contributed by atoms with Gasteiger partial charge in [0.2, 0.25) is 5.91 Å². The molecule has 0 unspecified atom stereocenters. The number of carbonyl (C=O) groups excluding carboxylic acids is 5. The lowest BCUT2D eigenvalue weighted by atomic mass is 9.93. The Hall–Kier alpha value is -6.56. The van der Waals surface area contributed by atoms with Crippen LogP contribution in [0.3, 0.4) is 0 Å². The van der Waals surface area contributed by atoms with E-state index >= 15 is 0 Å². The van der Waals surface area contributed by atoms with Crippen LogP contribution in [0.5, 0.6) is 0 Å². The zero-order chi connectivity index (χ0) is 50.9. The quantitative estimate of drug-likeness (QED) is 0.137. The first-order valence-corrected chi connectivity index (χ1v) is 26.5. The van der Waals surface area contributed by atoms with Crippen LogP contribution in [-0.4, -0.2) is 152 Å². The van der Waals surface area contributed by atoms with Crippen LogP contribution in [0.4, 0.5) is 21.9 Å². The van der Waals surface area contributed by atoms with Gasteiger partial charge in [-0.05, 0) is 156 Å². The number of hydrazine groups is 1. The van der Waals surface area contributed by atoms with Crippen molar-refractivity contribution >= 4 is 46.7 Å². The number of urea groups is 1. The van der Waals surface area contributed by atoms with E-state index in [-0.39, 0.29) is 42.1 Å². The Morgan fingerprint density at radius 2 is 1.41 bits per heavy atom. The molecular formula is C56H70N10O7. The SMILES string of the molecule is CCN(c1cc(-c2ccc(N3CCN(C4CCN(CC5CCN(c6ccc7c(c6)C(=O)N(N6CCC(=O)NC6=O)C7=O)CC5)CC4)CC3)cc2)cc(C(=O)NCc2c(C)cc(C)[nH]c2=O)c1C)C1CCOCC1. The number of rotatable bonds is 13. The number of amides is 6. The van der Waals surface area contributed by atoms with Crippen molar-refractivity contribution in [3.63, 3.8) is 0 Å². The number of H-pyrrole nitrogens is 1. The van der Waals surface area contributed by atoms with Crippen LogP contribution in [0.2, 0.25) is 0 Å². The minimum absolute atomic E-state index is 0.0213. The van der Waals surface area contributed by atoms with Crippen molar-refractivity contribution in [2.75, 3.05) is 99.9 Å². The molecule has 386 valence electrons. The van der Waals surface area contributed by atoms with Gasteiger partial charge in [0.1, 0.15) is 0 Å². The maximum absolute atomic E-state index is 14.1. The van der Waals surface area contributed by atoms with Gasteiger partial charge in [0, 0.05) is 125 Å². The second-order valence-corrected chi connectivity index (χ2v) is 20.8. The zero-order valence-electron chi connectivity index (χ0n) is 42.8. The van der Waals surface area contributed by atoms with Crippen molar-refractivity contribution in [3.05, 3.63) is 110 Å². The molecule has 17 heteroatoms. The fourth-order valence-electron chi connectivity index (χ4n) is 12.2. The van der Waals surface area contributed by atoms with E-state index in [9.17, 15) is 28.8 Å². The van der Waals surface area contributed by atoms with E-state index in [1.807, 2.05) is 39.0 Å². The lowest BCUT2D eigenvalue weighted by Gasteiger charge is -2.44. The first kappa shape index (κ1) is 50.0. The highest BCUT2D eigenvalue weighted by atomic mass is 16.5. The molecule has 0 saturated carbocycles. The second-order valence-electron chi connectivity index (χ2n) is 20.8. The smallest absolute Gasteiger partial charge is 0.343 e. The summed E-state index contributed by atoms with van der Waals surface area (Å²) in [7, 11) is 0. The summed E-state index contributed by atoms with van der Waals surface area (Å²) in [4.78, 5) is 93.0. The number of nitrogens with one attached hydrogen (secondary N) is 3. The molecule has 73 heavy (non-hydrogen) atoms. The molecule has 0 radical (unpaired) electrons. The third kappa shape index (κ3) is 10.5. The first-order chi connectivity index (χ1) is 35.3. The number of hydrogen-bond acceptors (Lipinski definition) is 12. The molecule has 3 aromatic carbocycles. The van der Waals surface area contributed by atoms with Crippen molar-refractivity contribution < 1.29 is 28.7 Å². The van der Waals surface area contributed by atoms with Crippen molar-refractivity contribution in [1.29, 1.82) is 0 Å². The highest BCUT2D eigenvalue weighted by Crippen LogP contribution is 2.36. The number of aryl methyl sites for hydroxylation is 2. The van der Waals surface area contributed by atoms with Crippen molar-refractivity contribution in [3.8, 4) is 11.1 Å². The largest absolute Gasteiger partial charge is 0.381 e. The number of nitrogens with zero attached hydrogens (tertiary/aromatic N) is 7. The van der Waals surface area contributed by atoms with E-state index in [0.29, 0.717) is 29.1 Å². The van der Waals surface area contributed by atoms with Crippen molar-refractivity contribution in [1.82, 2.24) is 35.4 Å². The third-order valence-electron chi connectivity index (χ3n) is 16.4. The van der Waals surface area contributed by atoms with Crippen LogP contribution in [0.1, 0.15) is 105 Å². The van der Waals surface area contributed by atoms with Gasteiger partial charge in [-0.3, -0.25) is 34.2 Å². The number of imide groups is 2. The van der Waals surface area contributed by atoms with Crippen LogP contribution in [0, 0.1) is 26.7 Å².